The molecule has 1 fully saturated rings. The standard InChI is InChI=1S/C16H23NO2/c1-16(2)8-3-10-17(11-9-16)12-13-4-6-14(7-5-13)15(18)19/h4-7H,3,8-12H2,1-2H3,(H,18,19). The van der Waals surface area contributed by atoms with E-state index in [0.29, 0.717) is 11.0 Å². The molecule has 0 amide bonds. The van der Waals surface area contributed by atoms with Gasteiger partial charge >= 0.3 is 5.97 Å². The lowest BCUT2D eigenvalue weighted by molar-refractivity contribution is 0.0697. The first-order valence-electron chi connectivity index (χ1n) is 7.01. The van der Waals surface area contributed by atoms with Gasteiger partial charge in [0.05, 0.1) is 5.56 Å². The van der Waals surface area contributed by atoms with Crippen LogP contribution in [0.4, 0.5) is 0 Å². The molecule has 1 aliphatic heterocycles. The maximum absolute atomic E-state index is 10.8. The van der Waals surface area contributed by atoms with E-state index in [1.54, 1.807) is 12.1 Å². The largest absolute Gasteiger partial charge is 0.478 e. The van der Waals surface area contributed by atoms with Crippen LogP contribution in [-0.2, 0) is 6.54 Å². The molecule has 0 saturated carbocycles. The smallest absolute Gasteiger partial charge is 0.335 e. The fourth-order valence-corrected chi connectivity index (χ4v) is 2.65. The van der Waals surface area contributed by atoms with Gasteiger partial charge in [0.1, 0.15) is 0 Å². The number of carboxylic acids is 1. The molecule has 19 heavy (non-hydrogen) atoms. The van der Waals surface area contributed by atoms with Gasteiger partial charge in [-0.2, -0.15) is 0 Å². The van der Waals surface area contributed by atoms with Crippen molar-refractivity contribution in [2.24, 2.45) is 5.41 Å². The van der Waals surface area contributed by atoms with E-state index in [1.165, 1.54) is 24.8 Å². The summed E-state index contributed by atoms with van der Waals surface area (Å²) in [6, 6.07) is 7.25. The summed E-state index contributed by atoms with van der Waals surface area (Å²) >= 11 is 0. The molecule has 2 rings (SSSR count). The zero-order valence-electron chi connectivity index (χ0n) is 11.9. The van der Waals surface area contributed by atoms with Gasteiger partial charge in [-0.3, -0.25) is 4.90 Å². The van der Waals surface area contributed by atoms with Crippen LogP contribution in [0.5, 0.6) is 0 Å². The summed E-state index contributed by atoms with van der Waals surface area (Å²) in [7, 11) is 0. The number of rotatable bonds is 3. The number of hydrogen-bond donors (Lipinski definition) is 1. The van der Waals surface area contributed by atoms with Crippen LogP contribution in [0.15, 0.2) is 24.3 Å². The van der Waals surface area contributed by atoms with Crippen molar-refractivity contribution >= 4 is 5.97 Å². The highest BCUT2D eigenvalue weighted by atomic mass is 16.4. The Kier molecular flexibility index (Phi) is 4.25. The lowest BCUT2D eigenvalue weighted by atomic mass is 9.85. The molecule has 0 unspecified atom stereocenters. The summed E-state index contributed by atoms with van der Waals surface area (Å²) in [4.78, 5) is 13.3. The lowest BCUT2D eigenvalue weighted by Crippen LogP contribution is -2.25. The van der Waals surface area contributed by atoms with Gasteiger partial charge in [0.2, 0.25) is 0 Å². The van der Waals surface area contributed by atoms with Crippen molar-refractivity contribution in [2.75, 3.05) is 13.1 Å². The van der Waals surface area contributed by atoms with Crippen LogP contribution in [0.3, 0.4) is 0 Å². The second kappa shape index (κ2) is 5.74. The van der Waals surface area contributed by atoms with Crippen LogP contribution in [-0.4, -0.2) is 29.1 Å². The van der Waals surface area contributed by atoms with Gasteiger partial charge in [0.25, 0.3) is 0 Å². The molecule has 0 aromatic heterocycles. The number of nitrogens with zero attached hydrogens (tertiary/aromatic N) is 1. The zero-order chi connectivity index (χ0) is 13.9. The molecule has 104 valence electrons. The van der Waals surface area contributed by atoms with Crippen molar-refractivity contribution < 1.29 is 9.90 Å². The molecule has 1 heterocycles. The number of hydrogen-bond acceptors (Lipinski definition) is 2. The zero-order valence-corrected chi connectivity index (χ0v) is 11.9. The third-order valence-electron chi connectivity index (χ3n) is 4.04. The first-order chi connectivity index (χ1) is 8.96. The SMILES string of the molecule is CC1(C)CCCN(Cc2ccc(C(=O)O)cc2)CC1. The first-order valence-corrected chi connectivity index (χ1v) is 7.01. The van der Waals surface area contributed by atoms with Crippen molar-refractivity contribution in [1.29, 1.82) is 0 Å². The molecule has 0 spiro atoms. The monoisotopic (exact) mass is 261 g/mol. The average molecular weight is 261 g/mol. The van der Waals surface area contributed by atoms with Crippen molar-refractivity contribution in [2.45, 2.75) is 39.7 Å². The molecular weight excluding hydrogens is 238 g/mol. The Balaban J connectivity index is 1.95. The van der Waals surface area contributed by atoms with Crippen LogP contribution in [0.25, 0.3) is 0 Å². The van der Waals surface area contributed by atoms with Crippen LogP contribution in [0, 0.1) is 5.41 Å². The molecule has 3 nitrogen and oxygen atoms in total. The van der Waals surface area contributed by atoms with Crippen molar-refractivity contribution in [3.63, 3.8) is 0 Å². The van der Waals surface area contributed by atoms with Crippen LogP contribution >= 0.6 is 0 Å². The molecule has 0 atom stereocenters. The highest BCUT2D eigenvalue weighted by Gasteiger charge is 2.22. The fraction of sp³-hybridized carbons (Fsp3) is 0.562. The summed E-state index contributed by atoms with van der Waals surface area (Å²) in [6.45, 7) is 7.89. The maximum atomic E-state index is 10.8. The van der Waals surface area contributed by atoms with E-state index in [0.717, 1.165) is 19.6 Å². The first kappa shape index (κ1) is 14.1. The second-order valence-corrected chi connectivity index (χ2v) is 6.30. The van der Waals surface area contributed by atoms with E-state index in [9.17, 15) is 4.79 Å². The Morgan fingerprint density at radius 1 is 1.21 bits per heavy atom. The third kappa shape index (κ3) is 4.06. The summed E-state index contributed by atoms with van der Waals surface area (Å²) in [6.07, 6.45) is 3.78. The minimum Gasteiger partial charge on any atom is -0.478 e. The number of benzene rings is 1. The molecule has 1 aromatic carbocycles. The van der Waals surface area contributed by atoms with Gasteiger partial charge in [-0.15, -0.1) is 0 Å². The molecule has 0 radical (unpaired) electrons. The highest BCUT2D eigenvalue weighted by Crippen LogP contribution is 2.30. The van der Waals surface area contributed by atoms with Crippen LogP contribution < -0.4 is 0 Å². The highest BCUT2D eigenvalue weighted by molar-refractivity contribution is 5.87. The number of likely N-dealkylation sites (tertiary alicyclic amines) is 1. The molecule has 1 aliphatic rings. The molecule has 0 bridgehead atoms. The molecule has 1 N–H and O–H groups in total. The van der Waals surface area contributed by atoms with E-state index in [-0.39, 0.29) is 0 Å². The number of aromatic carboxylic acids is 1. The Labute approximate surface area is 115 Å². The number of carboxylic acid groups (broad SMARTS) is 1. The molecule has 0 aliphatic carbocycles. The van der Waals surface area contributed by atoms with Gasteiger partial charge in [0, 0.05) is 6.54 Å². The summed E-state index contributed by atoms with van der Waals surface area (Å²) in [5, 5.41) is 8.88. The quantitative estimate of drug-likeness (QED) is 0.906. The predicted octanol–water partition coefficient (Wildman–Crippen LogP) is 3.40. The van der Waals surface area contributed by atoms with Crippen molar-refractivity contribution in [1.82, 2.24) is 4.90 Å². The predicted molar refractivity (Wildman–Crippen MR) is 76.3 cm³/mol. The van der Waals surface area contributed by atoms with Crippen molar-refractivity contribution in [3.05, 3.63) is 35.4 Å². The van der Waals surface area contributed by atoms with E-state index in [1.807, 2.05) is 12.1 Å². The topological polar surface area (TPSA) is 40.5 Å². The normalized spacial score (nSPS) is 19.9. The van der Waals surface area contributed by atoms with E-state index in [4.69, 9.17) is 5.11 Å². The summed E-state index contributed by atoms with van der Waals surface area (Å²) < 4.78 is 0. The lowest BCUT2D eigenvalue weighted by Gasteiger charge is -2.23. The van der Waals surface area contributed by atoms with E-state index in [2.05, 4.69) is 18.7 Å². The second-order valence-electron chi connectivity index (χ2n) is 6.30. The van der Waals surface area contributed by atoms with Crippen LogP contribution in [0.2, 0.25) is 0 Å². The molecule has 1 aromatic rings. The minimum atomic E-state index is -0.858. The Hall–Kier alpha value is -1.35. The molecular formula is C16H23NO2. The fourth-order valence-electron chi connectivity index (χ4n) is 2.65. The third-order valence-corrected chi connectivity index (χ3v) is 4.04. The van der Waals surface area contributed by atoms with Crippen molar-refractivity contribution in [3.8, 4) is 0 Å². The maximum Gasteiger partial charge on any atom is 0.335 e. The van der Waals surface area contributed by atoms with Gasteiger partial charge in [-0.1, -0.05) is 26.0 Å². The molecule has 1 saturated heterocycles. The van der Waals surface area contributed by atoms with Crippen LogP contribution in [0.1, 0.15) is 49.0 Å². The van der Waals surface area contributed by atoms with Gasteiger partial charge in [-0.05, 0) is 55.5 Å². The van der Waals surface area contributed by atoms with Gasteiger partial charge < -0.3 is 5.11 Å². The Morgan fingerprint density at radius 2 is 1.89 bits per heavy atom. The van der Waals surface area contributed by atoms with Gasteiger partial charge in [-0.25, -0.2) is 4.79 Å². The minimum absolute atomic E-state index is 0.362. The average Bonchev–Trinajstić information content (AvgIpc) is 2.52. The van der Waals surface area contributed by atoms with Gasteiger partial charge in [0.15, 0.2) is 0 Å². The Bertz CT molecular complexity index is 437. The van der Waals surface area contributed by atoms with E-state index >= 15 is 0 Å². The Morgan fingerprint density at radius 3 is 2.53 bits per heavy atom. The number of carbonyl (C=O) groups is 1. The van der Waals surface area contributed by atoms with E-state index < -0.39 is 5.97 Å². The summed E-state index contributed by atoms with van der Waals surface area (Å²) in [5.74, 6) is -0.858. The molecule has 3 heteroatoms. The summed E-state index contributed by atoms with van der Waals surface area (Å²) in [5.41, 5.74) is 2.02.